The number of nitrogens with two attached hydrogens (primary N) is 1. The van der Waals surface area contributed by atoms with E-state index in [1.54, 1.807) is 0 Å². The van der Waals surface area contributed by atoms with E-state index >= 15 is 0 Å². The first-order valence-corrected chi connectivity index (χ1v) is 6.96. The van der Waals surface area contributed by atoms with Crippen LogP contribution in [-0.4, -0.2) is 18.0 Å². The fourth-order valence-electron chi connectivity index (χ4n) is 3.61. The van der Waals surface area contributed by atoms with Gasteiger partial charge in [-0.2, -0.15) is 0 Å². The van der Waals surface area contributed by atoms with Crippen molar-refractivity contribution in [1.82, 2.24) is 5.32 Å². The molecule has 4 unspecified atom stereocenters. The van der Waals surface area contributed by atoms with Gasteiger partial charge in [0.15, 0.2) is 0 Å². The standard InChI is InChI=1S/C15H19FN2O/c16-10-6-4-9(5-7-10)11-2-1-3-12(11)14-8-13(17)15(19)18-14/h4-7,11-14H,1-3,8,17H2,(H,18,19). The van der Waals surface area contributed by atoms with Gasteiger partial charge in [0.05, 0.1) is 6.04 Å². The van der Waals surface area contributed by atoms with Crippen LogP contribution < -0.4 is 11.1 Å². The van der Waals surface area contributed by atoms with Crippen LogP contribution in [0.4, 0.5) is 4.39 Å². The van der Waals surface area contributed by atoms with E-state index in [1.165, 1.54) is 17.7 Å². The number of amides is 1. The molecule has 0 radical (unpaired) electrons. The first kappa shape index (κ1) is 12.6. The third kappa shape index (κ3) is 2.37. The van der Waals surface area contributed by atoms with Crippen LogP contribution in [0.2, 0.25) is 0 Å². The van der Waals surface area contributed by atoms with E-state index in [9.17, 15) is 9.18 Å². The van der Waals surface area contributed by atoms with E-state index in [-0.39, 0.29) is 23.8 Å². The molecule has 3 N–H and O–H groups in total. The number of halogens is 1. The van der Waals surface area contributed by atoms with Crippen LogP contribution in [0.5, 0.6) is 0 Å². The predicted molar refractivity (Wildman–Crippen MR) is 71.0 cm³/mol. The van der Waals surface area contributed by atoms with Gasteiger partial charge in [-0.05, 0) is 48.8 Å². The van der Waals surface area contributed by atoms with Crippen molar-refractivity contribution in [3.8, 4) is 0 Å². The molecule has 1 amide bonds. The lowest BCUT2D eigenvalue weighted by Gasteiger charge is -2.25. The lowest BCUT2D eigenvalue weighted by atomic mass is 9.83. The van der Waals surface area contributed by atoms with Crippen molar-refractivity contribution >= 4 is 5.91 Å². The molecule has 4 atom stereocenters. The third-order valence-electron chi connectivity index (χ3n) is 4.56. The second-order valence-corrected chi connectivity index (χ2v) is 5.71. The summed E-state index contributed by atoms with van der Waals surface area (Å²) in [6, 6.07) is 6.59. The number of hydrogen-bond acceptors (Lipinski definition) is 2. The van der Waals surface area contributed by atoms with Crippen LogP contribution >= 0.6 is 0 Å². The molecule has 1 saturated heterocycles. The Morgan fingerprint density at radius 2 is 1.95 bits per heavy atom. The van der Waals surface area contributed by atoms with Crippen LogP contribution in [0.3, 0.4) is 0 Å². The van der Waals surface area contributed by atoms with Gasteiger partial charge in [-0.1, -0.05) is 18.6 Å². The van der Waals surface area contributed by atoms with Gasteiger partial charge in [0.2, 0.25) is 5.91 Å². The summed E-state index contributed by atoms with van der Waals surface area (Å²) in [5.41, 5.74) is 6.96. The van der Waals surface area contributed by atoms with E-state index in [2.05, 4.69) is 5.32 Å². The Kier molecular flexibility index (Phi) is 3.27. The fraction of sp³-hybridized carbons (Fsp3) is 0.533. The topological polar surface area (TPSA) is 55.1 Å². The summed E-state index contributed by atoms with van der Waals surface area (Å²) in [4.78, 5) is 11.5. The number of carbonyl (C=O) groups excluding carboxylic acids is 1. The minimum absolute atomic E-state index is 0.0326. The molecule has 0 bridgehead atoms. The lowest BCUT2D eigenvalue weighted by molar-refractivity contribution is -0.120. The van der Waals surface area contributed by atoms with Gasteiger partial charge in [0.25, 0.3) is 0 Å². The first-order chi connectivity index (χ1) is 9.15. The molecule has 3 nitrogen and oxygen atoms in total. The number of benzene rings is 1. The monoisotopic (exact) mass is 262 g/mol. The highest BCUT2D eigenvalue weighted by Gasteiger charge is 2.40. The second-order valence-electron chi connectivity index (χ2n) is 5.71. The van der Waals surface area contributed by atoms with Crippen molar-refractivity contribution in [3.05, 3.63) is 35.6 Å². The van der Waals surface area contributed by atoms with Crippen molar-refractivity contribution in [1.29, 1.82) is 0 Å². The summed E-state index contributed by atoms with van der Waals surface area (Å²) in [5.74, 6) is 0.614. The van der Waals surface area contributed by atoms with Crippen molar-refractivity contribution < 1.29 is 9.18 Å². The molecule has 102 valence electrons. The summed E-state index contributed by atoms with van der Waals surface area (Å²) in [6.07, 6.45) is 4.10. The summed E-state index contributed by atoms with van der Waals surface area (Å²) in [6.45, 7) is 0. The molecule has 1 aromatic carbocycles. The number of nitrogens with one attached hydrogen (secondary N) is 1. The van der Waals surface area contributed by atoms with E-state index in [0.29, 0.717) is 11.8 Å². The summed E-state index contributed by atoms with van der Waals surface area (Å²) >= 11 is 0. The summed E-state index contributed by atoms with van der Waals surface area (Å²) in [5, 5.41) is 3.02. The summed E-state index contributed by atoms with van der Waals surface area (Å²) in [7, 11) is 0. The van der Waals surface area contributed by atoms with Crippen LogP contribution in [0.25, 0.3) is 0 Å². The van der Waals surface area contributed by atoms with Gasteiger partial charge in [0, 0.05) is 6.04 Å². The zero-order valence-corrected chi connectivity index (χ0v) is 10.8. The van der Waals surface area contributed by atoms with Crippen molar-refractivity contribution in [2.24, 2.45) is 11.7 Å². The van der Waals surface area contributed by atoms with Crippen LogP contribution in [-0.2, 0) is 4.79 Å². The zero-order valence-electron chi connectivity index (χ0n) is 10.8. The van der Waals surface area contributed by atoms with Gasteiger partial charge in [-0.3, -0.25) is 4.79 Å². The van der Waals surface area contributed by atoms with Crippen LogP contribution in [0.1, 0.15) is 37.2 Å². The van der Waals surface area contributed by atoms with E-state index in [0.717, 1.165) is 25.7 Å². The van der Waals surface area contributed by atoms with Crippen molar-refractivity contribution in [3.63, 3.8) is 0 Å². The third-order valence-corrected chi connectivity index (χ3v) is 4.56. The first-order valence-electron chi connectivity index (χ1n) is 6.96. The molecule has 2 fully saturated rings. The fourth-order valence-corrected chi connectivity index (χ4v) is 3.61. The molecule has 1 aromatic rings. The minimum atomic E-state index is -0.362. The molecule has 19 heavy (non-hydrogen) atoms. The van der Waals surface area contributed by atoms with Crippen LogP contribution in [0.15, 0.2) is 24.3 Å². The Balaban J connectivity index is 1.78. The van der Waals surface area contributed by atoms with Crippen molar-refractivity contribution in [2.75, 3.05) is 0 Å². The second kappa shape index (κ2) is 4.93. The molecule has 1 saturated carbocycles. The highest BCUT2D eigenvalue weighted by Crippen LogP contribution is 2.43. The Morgan fingerprint density at radius 1 is 1.21 bits per heavy atom. The number of rotatable bonds is 2. The largest absolute Gasteiger partial charge is 0.352 e. The van der Waals surface area contributed by atoms with Gasteiger partial charge in [0.1, 0.15) is 5.82 Å². The van der Waals surface area contributed by atoms with Gasteiger partial charge < -0.3 is 11.1 Å². The minimum Gasteiger partial charge on any atom is -0.352 e. The molecular weight excluding hydrogens is 243 g/mol. The van der Waals surface area contributed by atoms with E-state index in [1.807, 2.05) is 12.1 Å². The highest BCUT2D eigenvalue weighted by molar-refractivity contribution is 5.84. The highest BCUT2D eigenvalue weighted by atomic mass is 19.1. The number of carbonyl (C=O) groups is 1. The van der Waals surface area contributed by atoms with Gasteiger partial charge >= 0.3 is 0 Å². The van der Waals surface area contributed by atoms with E-state index in [4.69, 9.17) is 5.73 Å². The molecule has 0 aromatic heterocycles. The Hall–Kier alpha value is -1.42. The molecule has 1 aliphatic carbocycles. The summed E-state index contributed by atoms with van der Waals surface area (Å²) < 4.78 is 13.0. The van der Waals surface area contributed by atoms with E-state index < -0.39 is 0 Å². The average Bonchev–Trinajstić information content (AvgIpc) is 2.98. The average molecular weight is 262 g/mol. The Labute approximate surface area is 112 Å². The molecule has 2 aliphatic rings. The molecule has 0 spiro atoms. The normalized spacial score (nSPS) is 34.5. The Morgan fingerprint density at radius 3 is 2.58 bits per heavy atom. The van der Waals surface area contributed by atoms with Gasteiger partial charge in [-0.25, -0.2) is 4.39 Å². The van der Waals surface area contributed by atoms with Gasteiger partial charge in [-0.15, -0.1) is 0 Å². The maximum absolute atomic E-state index is 13.0. The quantitative estimate of drug-likeness (QED) is 0.855. The smallest absolute Gasteiger partial charge is 0.237 e. The Bertz CT molecular complexity index is 474. The number of hydrogen-bond donors (Lipinski definition) is 2. The molecule has 3 rings (SSSR count). The SMILES string of the molecule is NC1CC(C2CCCC2c2ccc(F)cc2)NC1=O. The molecular formula is C15H19FN2O. The molecule has 4 heteroatoms. The molecule has 1 heterocycles. The van der Waals surface area contributed by atoms with Crippen LogP contribution in [0, 0.1) is 11.7 Å². The molecule has 1 aliphatic heterocycles. The maximum Gasteiger partial charge on any atom is 0.237 e. The lowest BCUT2D eigenvalue weighted by Crippen LogP contribution is -2.35. The predicted octanol–water partition coefficient (Wildman–Crippen LogP) is 1.93. The maximum atomic E-state index is 13.0. The van der Waals surface area contributed by atoms with Crippen molar-refractivity contribution in [2.45, 2.75) is 43.7 Å². The zero-order chi connectivity index (χ0) is 13.4.